The van der Waals surface area contributed by atoms with Crippen molar-refractivity contribution >= 4 is 5.97 Å². The second-order valence-corrected chi connectivity index (χ2v) is 4.17. The summed E-state index contributed by atoms with van der Waals surface area (Å²) in [6.45, 7) is 0.154. The van der Waals surface area contributed by atoms with Crippen molar-refractivity contribution in [1.29, 1.82) is 0 Å². The fraction of sp³-hybridized carbons (Fsp3) is 0.286. The van der Waals surface area contributed by atoms with E-state index in [4.69, 9.17) is 9.47 Å². The Balaban J connectivity index is 2.28. The predicted molar refractivity (Wildman–Crippen MR) is 71.6 cm³/mol. The number of benzene rings is 1. The molecule has 1 N–H and O–H groups in total. The number of ether oxygens (including phenoxy) is 2. The van der Waals surface area contributed by atoms with Crippen LogP contribution in [0.1, 0.15) is 21.7 Å². The molecule has 0 saturated heterocycles. The van der Waals surface area contributed by atoms with Gasteiger partial charge >= 0.3 is 5.97 Å². The van der Waals surface area contributed by atoms with Crippen LogP contribution in [-0.2, 0) is 17.9 Å². The van der Waals surface area contributed by atoms with E-state index < -0.39 is 5.97 Å². The van der Waals surface area contributed by atoms with Gasteiger partial charge in [-0.3, -0.25) is 0 Å². The molecule has 0 fully saturated rings. The molecule has 1 heterocycles. The number of methoxy groups -OCH3 is 2. The van der Waals surface area contributed by atoms with Gasteiger partial charge in [0.15, 0.2) is 5.69 Å². The number of hydrogen-bond donors (Lipinski definition) is 1. The summed E-state index contributed by atoms with van der Waals surface area (Å²) in [5.74, 6) is 0.253. The highest BCUT2D eigenvalue weighted by molar-refractivity contribution is 5.88. The number of nitrogens with zero attached hydrogens (tertiary/aromatic N) is 2. The maximum atomic E-state index is 11.8. The molecule has 6 heteroatoms. The molecule has 20 heavy (non-hydrogen) atoms. The second-order valence-electron chi connectivity index (χ2n) is 4.17. The van der Waals surface area contributed by atoms with Gasteiger partial charge in [-0.25, -0.2) is 9.78 Å². The summed E-state index contributed by atoms with van der Waals surface area (Å²) >= 11 is 0. The number of esters is 1. The minimum atomic E-state index is -0.514. The Labute approximate surface area is 116 Å². The zero-order chi connectivity index (χ0) is 14.5. The van der Waals surface area contributed by atoms with Gasteiger partial charge in [-0.05, 0) is 17.7 Å². The molecule has 0 atom stereocenters. The van der Waals surface area contributed by atoms with E-state index in [1.807, 2.05) is 24.3 Å². The van der Waals surface area contributed by atoms with Gasteiger partial charge in [-0.2, -0.15) is 0 Å². The average Bonchev–Trinajstić information content (AvgIpc) is 2.90. The highest BCUT2D eigenvalue weighted by Gasteiger charge is 2.18. The molecular weight excluding hydrogens is 260 g/mol. The number of rotatable bonds is 5. The van der Waals surface area contributed by atoms with Crippen LogP contribution in [0.2, 0.25) is 0 Å². The zero-order valence-corrected chi connectivity index (χ0v) is 11.4. The summed E-state index contributed by atoms with van der Waals surface area (Å²) in [5.41, 5.74) is 1.56. The van der Waals surface area contributed by atoms with Crippen LogP contribution in [0.5, 0.6) is 5.75 Å². The summed E-state index contributed by atoms with van der Waals surface area (Å²) in [6.07, 6.45) is 1.52. The van der Waals surface area contributed by atoms with E-state index in [-0.39, 0.29) is 12.3 Å². The summed E-state index contributed by atoms with van der Waals surface area (Å²) in [7, 11) is 2.90. The topological polar surface area (TPSA) is 73.6 Å². The van der Waals surface area contributed by atoms with Gasteiger partial charge in [0.25, 0.3) is 0 Å². The van der Waals surface area contributed by atoms with Crippen LogP contribution in [0.4, 0.5) is 0 Å². The molecule has 0 aliphatic carbocycles. The molecular formula is C14H16N2O4. The zero-order valence-electron chi connectivity index (χ0n) is 11.4. The number of aromatic nitrogens is 2. The van der Waals surface area contributed by atoms with Crippen LogP contribution < -0.4 is 4.74 Å². The average molecular weight is 276 g/mol. The molecule has 0 amide bonds. The minimum absolute atomic E-state index is 0.269. The van der Waals surface area contributed by atoms with Gasteiger partial charge in [0.05, 0.1) is 32.8 Å². The smallest absolute Gasteiger partial charge is 0.356 e. The van der Waals surface area contributed by atoms with Gasteiger partial charge in [-0.1, -0.05) is 12.1 Å². The monoisotopic (exact) mass is 276 g/mol. The predicted octanol–water partition coefficient (Wildman–Crippen LogP) is 1.22. The fourth-order valence-electron chi connectivity index (χ4n) is 1.92. The third kappa shape index (κ3) is 2.80. The molecule has 1 aromatic heterocycles. The van der Waals surface area contributed by atoms with Gasteiger partial charge in [0.2, 0.25) is 0 Å². The molecule has 0 aliphatic rings. The molecule has 0 spiro atoms. The van der Waals surface area contributed by atoms with E-state index in [2.05, 4.69) is 4.98 Å². The van der Waals surface area contributed by atoms with Crippen molar-refractivity contribution in [1.82, 2.24) is 9.55 Å². The highest BCUT2D eigenvalue weighted by atomic mass is 16.5. The van der Waals surface area contributed by atoms with Crippen LogP contribution >= 0.6 is 0 Å². The number of carbonyl (C=O) groups excluding carboxylic acids is 1. The molecule has 2 aromatic rings. The fourth-order valence-corrected chi connectivity index (χ4v) is 1.92. The van der Waals surface area contributed by atoms with Crippen LogP contribution in [0, 0.1) is 0 Å². The number of aliphatic hydroxyl groups excluding tert-OH is 1. The van der Waals surface area contributed by atoms with Gasteiger partial charge in [0, 0.05) is 6.54 Å². The van der Waals surface area contributed by atoms with E-state index in [1.165, 1.54) is 13.4 Å². The lowest BCUT2D eigenvalue weighted by Crippen LogP contribution is -2.13. The third-order valence-corrected chi connectivity index (χ3v) is 2.95. The van der Waals surface area contributed by atoms with Gasteiger partial charge < -0.3 is 19.1 Å². The number of aliphatic hydroxyl groups is 1. The van der Waals surface area contributed by atoms with Crippen LogP contribution in [-0.4, -0.2) is 34.8 Å². The lowest BCUT2D eigenvalue weighted by molar-refractivity contribution is 0.0585. The molecule has 0 bridgehead atoms. The van der Waals surface area contributed by atoms with Crippen LogP contribution in [0.25, 0.3) is 0 Å². The van der Waals surface area contributed by atoms with Crippen LogP contribution in [0.15, 0.2) is 30.6 Å². The first-order valence-corrected chi connectivity index (χ1v) is 6.05. The Kier molecular flexibility index (Phi) is 4.37. The Morgan fingerprint density at radius 3 is 2.55 bits per heavy atom. The summed E-state index contributed by atoms with van der Waals surface area (Å²) in [5, 5.41) is 9.21. The number of imidazole rings is 1. The summed E-state index contributed by atoms with van der Waals surface area (Å²) < 4.78 is 11.5. The third-order valence-electron chi connectivity index (χ3n) is 2.95. The van der Waals surface area contributed by atoms with Gasteiger partial charge in [0.1, 0.15) is 5.75 Å². The van der Waals surface area contributed by atoms with E-state index in [1.54, 1.807) is 11.7 Å². The van der Waals surface area contributed by atoms with Crippen molar-refractivity contribution in [3.05, 3.63) is 47.5 Å². The maximum absolute atomic E-state index is 11.8. The molecule has 1 aromatic carbocycles. The molecule has 2 rings (SSSR count). The van der Waals surface area contributed by atoms with Crippen molar-refractivity contribution in [2.24, 2.45) is 0 Å². The van der Waals surface area contributed by atoms with E-state index >= 15 is 0 Å². The molecule has 0 radical (unpaired) electrons. The summed E-state index contributed by atoms with van der Waals surface area (Å²) in [6, 6.07) is 7.49. The first-order valence-electron chi connectivity index (χ1n) is 6.05. The van der Waals surface area contributed by atoms with E-state index in [0.717, 1.165) is 11.3 Å². The second kappa shape index (κ2) is 6.21. The standard InChI is InChI=1S/C14H16N2O4/c1-19-11-5-3-10(4-6-11)7-16-9-15-12(8-17)13(16)14(18)20-2/h3-6,9,17H,7-8H2,1-2H3. The van der Waals surface area contributed by atoms with E-state index in [0.29, 0.717) is 12.2 Å². The van der Waals surface area contributed by atoms with Crippen molar-refractivity contribution in [3.8, 4) is 5.75 Å². The van der Waals surface area contributed by atoms with Gasteiger partial charge in [-0.15, -0.1) is 0 Å². The maximum Gasteiger partial charge on any atom is 0.356 e. The van der Waals surface area contributed by atoms with Crippen molar-refractivity contribution in [2.75, 3.05) is 14.2 Å². The molecule has 0 unspecified atom stereocenters. The summed E-state index contributed by atoms with van der Waals surface area (Å²) in [4.78, 5) is 15.8. The quantitative estimate of drug-likeness (QED) is 0.831. The lowest BCUT2D eigenvalue weighted by Gasteiger charge is -2.08. The highest BCUT2D eigenvalue weighted by Crippen LogP contribution is 2.15. The van der Waals surface area contributed by atoms with Crippen LogP contribution in [0.3, 0.4) is 0 Å². The Morgan fingerprint density at radius 2 is 2.00 bits per heavy atom. The first-order chi connectivity index (χ1) is 9.69. The minimum Gasteiger partial charge on any atom is -0.497 e. The Bertz CT molecular complexity index is 590. The largest absolute Gasteiger partial charge is 0.497 e. The number of carbonyl (C=O) groups is 1. The molecule has 0 aliphatic heterocycles. The Morgan fingerprint density at radius 1 is 1.30 bits per heavy atom. The SMILES string of the molecule is COC(=O)c1c(CO)ncn1Cc1ccc(OC)cc1. The van der Waals surface area contributed by atoms with E-state index in [9.17, 15) is 9.90 Å². The Hall–Kier alpha value is -2.34. The lowest BCUT2D eigenvalue weighted by atomic mass is 10.2. The molecule has 6 nitrogen and oxygen atoms in total. The van der Waals surface area contributed by atoms with Crippen molar-refractivity contribution < 1.29 is 19.4 Å². The molecule has 106 valence electrons. The van der Waals surface area contributed by atoms with Crippen molar-refractivity contribution in [2.45, 2.75) is 13.2 Å². The molecule has 0 saturated carbocycles. The van der Waals surface area contributed by atoms with Crippen molar-refractivity contribution in [3.63, 3.8) is 0 Å². The number of hydrogen-bond acceptors (Lipinski definition) is 5. The normalized spacial score (nSPS) is 10.3. The first kappa shape index (κ1) is 14.1.